The highest BCUT2D eigenvalue weighted by molar-refractivity contribution is 7.12. The zero-order valence-corrected chi connectivity index (χ0v) is 11.1. The molecule has 0 aliphatic carbocycles. The van der Waals surface area contributed by atoms with Crippen molar-refractivity contribution < 1.29 is 9.53 Å². The van der Waals surface area contributed by atoms with Gasteiger partial charge < -0.3 is 4.74 Å². The van der Waals surface area contributed by atoms with Gasteiger partial charge in [0.05, 0.1) is 17.0 Å². The molecule has 0 unspecified atom stereocenters. The lowest BCUT2D eigenvalue weighted by molar-refractivity contribution is 0.104. The Hall–Kier alpha value is -1.32. The molecular formula is C13H11ClO2S. The molecule has 2 nitrogen and oxygen atoms in total. The molecule has 1 aromatic heterocycles. The molecule has 1 aromatic carbocycles. The van der Waals surface area contributed by atoms with E-state index in [0.717, 1.165) is 10.4 Å². The Balaban J connectivity index is 2.41. The van der Waals surface area contributed by atoms with Gasteiger partial charge in [0.1, 0.15) is 5.75 Å². The topological polar surface area (TPSA) is 26.3 Å². The van der Waals surface area contributed by atoms with Crippen LogP contribution >= 0.6 is 22.9 Å². The van der Waals surface area contributed by atoms with Crippen LogP contribution in [-0.2, 0) is 0 Å². The minimum Gasteiger partial charge on any atom is -0.495 e. The van der Waals surface area contributed by atoms with Gasteiger partial charge in [0.15, 0.2) is 0 Å². The second-order valence-corrected chi connectivity index (χ2v) is 4.93. The van der Waals surface area contributed by atoms with E-state index in [1.165, 1.54) is 18.4 Å². The Morgan fingerprint density at radius 3 is 2.71 bits per heavy atom. The molecule has 0 radical (unpaired) electrons. The Kier molecular flexibility index (Phi) is 3.50. The van der Waals surface area contributed by atoms with Crippen molar-refractivity contribution in [2.75, 3.05) is 7.11 Å². The second kappa shape index (κ2) is 4.90. The Morgan fingerprint density at radius 1 is 1.35 bits per heavy atom. The summed E-state index contributed by atoms with van der Waals surface area (Å²) in [5.74, 6) is 0.527. The number of carbonyl (C=O) groups excluding carboxylic acids is 1. The number of rotatable bonds is 3. The van der Waals surface area contributed by atoms with Crippen molar-refractivity contribution in [2.45, 2.75) is 6.92 Å². The summed E-state index contributed by atoms with van der Waals surface area (Å²) >= 11 is 7.37. The highest BCUT2D eigenvalue weighted by Crippen LogP contribution is 2.27. The lowest BCUT2D eigenvalue weighted by Crippen LogP contribution is -2.01. The molecule has 4 heteroatoms. The van der Waals surface area contributed by atoms with Crippen LogP contribution in [0.2, 0.25) is 5.02 Å². The van der Waals surface area contributed by atoms with Gasteiger partial charge in [0.25, 0.3) is 0 Å². The predicted molar refractivity (Wildman–Crippen MR) is 70.5 cm³/mol. The molecule has 0 fully saturated rings. The molecule has 0 atom stereocenters. The van der Waals surface area contributed by atoms with Crippen LogP contribution < -0.4 is 4.74 Å². The van der Waals surface area contributed by atoms with Gasteiger partial charge in [-0.05, 0) is 42.1 Å². The number of carbonyl (C=O) groups is 1. The average molecular weight is 267 g/mol. The fourth-order valence-corrected chi connectivity index (χ4v) is 2.62. The number of ketones is 1. The number of methoxy groups -OCH3 is 1. The number of aryl methyl sites for hydroxylation is 1. The minimum absolute atomic E-state index is 0.00691. The summed E-state index contributed by atoms with van der Waals surface area (Å²) in [7, 11) is 1.53. The molecule has 0 amide bonds. The van der Waals surface area contributed by atoms with E-state index in [1.807, 2.05) is 18.4 Å². The van der Waals surface area contributed by atoms with E-state index in [2.05, 4.69) is 0 Å². The van der Waals surface area contributed by atoms with Crippen LogP contribution in [0.25, 0.3) is 0 Å². The lowest BCUT2D eigenvalue weighted by atomic mass is 10.1. The number of ether oxygens (including phenoxy) is 1. The summed E-state index contributed by atoms with van der Waals surface area (Å²) in [6.45, 7) is 1.93. The first-order valence-electron chi connectivity index (χ1n) is 5.06. The smallest absolute Gasteiger partial charge is 0.203 e. The molecule has 0 saturated carbocycles. The van der Waals surface area contributed by atoms with E-state index in [4.69, 9.17) is 16.3 Å². The maximum absolute atomic E-state index is 12.2. The third-order valence-corrected chi connectivity index (χ3v) is 3.81. The van der Waals surface area contributed by atoms with Crippen LogP contribution in [0.4, 0.5) is 0 Å². The normalized spacial score (nSPS) is 10.3. The van der Waals surface area contributed by atoms with Gasteiger partial charge in [-0.1, -0.05) is 11.6 Å². The maximum Gasteiger partial charge on any atom is 0.203 e. The molecule has 0 aliphatic heterocycles. The van der Waals surface area contributed by atoms with Crippen molar-refractivity contribution in [1.82, 2.24) is 0 Å². The first-order chi connectivity index (χ1) is 8.13. The van der Waals surface area contributed by atoms with Gasteiger partial charge in [-0.3, -0.25) is 4.79 Å². The third-order valence-electron chi connectivity index (χ3n) is 2.48. The van der Waals surface area contributed by atoms with Gasteiger partial charge in [-0.2, -0.15) is 0 Å². The highest BCUT2D eigenvalue weighted by atomic mass is 35.5. The van der Waals surface area contributed by atoms with Gasteiger partial charge in [0, 0.05) is 5.56 Å². The molecule has 0 spiro atoms. The van der Waals surface area contributed by atoms with E-state index >= 15 is 0 Å². The van der Waals surface area contributed by atoms with E-state index < -0.39 is 0 Å². The molecular weight excluding hydrogens is 256 g/mol. The van der Waals surface area contributed by atoms with E-state index in [1.54, 1.807) is 18.2 Å². The van der Waals surface area contributed by atoms with Crippen LogP contribution in [0.1, 0.15) is 20.8 Å². The van der Waals surface area contributed by atoms with E-state index in [9.17, 15) is 4.79 Å². The highest BCUT2D eigenvalue weighted by Gasteiger charge is 2.14. The maximum atomic E-state index is 12.2. The number of halogens is 1. The van der Waals surface area contributed by atoms with Gasteiger partial charge in [0.2, 0.25) is 5.78 Å². The number of benzene rings is 1. The fourth-order valence-electron chi connectivity index (χ4n) is 1.54. The van der Waals surface area contributed by atoms with Crippen molar-refractivity contribution in [1.29, 1.82) is 0 Å². The Bertz CT molecular complexity index is 560. The van der Waals surface area contributed by atoms with Gasteiger partial charge in [-0.15, -0.1) is 11.3 Å². The van der Waals surface area contributed by atoms with Crippen molar-refractivity contribution >= 4 is 28.7 Å². The van der Waals surface area contributed by atoms with Crippen LogP contribution in [0.3, 0.4) is 0 Å². The largest absolute Gasteiger partial charge is 0.495 e. The van der Waals surface area contributed by atoms with Crippen LogP contribution in [-0.4, -0.2) is 12.9 Å². The number of thiophene rings is 1. The van der Waals surface area contributed by atoms with Gasteiger partial charge in [-0.25, -0.2) is 0 Å². The third kappa shape index (κ3) is 2.35. The lowest BCUT2D eigenvalue weighted by Gasteiger charge is -2.05. The second-order valence-electron chi connectivity index (χ2n) is 3.61. The first-order valence-corrected chi connectivity index (χ1v) is 6.31. The quantitative estimate of drug-likeness (QED) is 0.787. The summed E-state index contributed by atoms with van der Waals surface area (Å²) in [6.07, 6.45) is 0. The Morgan fingerprint density at radius 2 is 2.12 bits per heavy atom. The van der Waals surface area contributed by atoms with Crippen LogP contribution in [0.5, 0.6) is 5.75 Å². The molecule has 17 heavy (non-hydrogen) atoms. The standard InChI is InChI=1S/C13H11ClO2S/c1-8-5-6-17-13(8)12(15)9-3-4-10(14)11(7-9)16-2/h3-7H,1-2H3. The monoisotopic (exact) mass is 266 g/mol. The summed E-state index contributed by atoms with van der Waals surface area (Å²) in [5, 5.41) is 2.42. The summed E-state index contributed by atoms with van der Waals surface area (Å²) in [5.41, 5.74) is 1.59. The van der Waals surface area contributed by atoms with E-state index in [-0.39, 0.29) is 5.78 Å². The molecule has 0 saturated heterocycles. The first kappa shape index (κ1) is 12.1. The Labute approximate surface area is 109 Å². The van der Waals surface area contributed by atoms with Crippen LogP contribution in [0.15, 0.2) is 29.6 Å². The summed E-state index contributed by atoms with van der Waals surface area (Å²) in [4.78, 5) is 13.0. The van der Waals surface area contributed by atoms with Crippen molar-refractivity contribution in [3.05, 3.63) is 50.7 Å². The molecule has 0 aliphatic rings. The molecule has 2 rings (SSSR count). The molecule has 88 valence electrons. The van der Waals surface area contributed by atoms with Crippen molar-refractivity contribution in [2.24, 2.45) is 0 Å². The molecule has 2 aromatic rings. The van der Waals surface area contributed by atoms with Crippen molar-refractivity contribution in [3.63, 3.8) is 0 Å². The molecule has 0 N–H and O–H groups in total. The fraction of sp³-hybridized carbons (Fsp3) is 0.154. The average Bonchev–Trinajstić information content (AvgIpc) is 2.75. The summed E-state index contributed by atoms with van der Waals surface area (Å²) in [6, 6.07) is 7.00. The molecule has 0 bridgehead atoms. The van der Waals surface area contributed by atoms with Crippen molar-refractivity contribution in [3.8, 4) is 5.75 Å². The predicted octanol–water partition coefficient (Wildman–Crippen LogP) is 3.95. The zero-order valence-electron chi connectivity index (χ0n) is 9.49. The van der Waals surface area contributed by atoms with E-state index in [0.29, 0.717) is 16.3 Å². The summed E-state index contributed by atoms with van der Waals surface area (Å²) < 4.78 is 5.10. The zero-order chi connectivity index (χ0) is 12.4. The van der Waals surface area contributed by atoms with Gasteiger partial charge >= 0.3 is 0 Å². The number of hydrogen-bond donors (Lipinski definition) is 0. The SMILES string of the molecule is COc1cc(C(=O)c2sccc2C)ccc1Cl. The van der Waals surface area contributed by atoms with Crippen LogP contribution in [0, 0.1) is 6.92 Å². The number of hydrogen-bond acceptors (Lipinski definition) is 3. The molecule has 1 heterocycles. The minimum atomic E-state index is 0.00691.